The maximum absolute atomic E-state index is 12.0. The second kappa shape index (κ2) is 8.64. The molecule has 0 fully saturated rings. The van der Waals surface area contributed by atoms with Gasteiger partial charge in [-0.05, 0) is 24.6 Å². The van der Waals surface area contributed by atoms with Crippen LogP contribution in [-0.4, -0.2) is 38.6 Å². The smallest absolute Gasteiger partial charge is 0.269 e. The molecule has 2 amide bonds. The van der Waals surface area contributed by atoms with Crippen molar-refractivity contribution in [2.45, 2.75) is 37.5 Å². The highest BCUT2D eigenvalue weighted by atomic mass is 32.2. The first-order valence-electron chi connectivity index (χ1n) is 7.40. The highest BCUT2D eigenvalue weighted by molar-refractivity contribution is 7.89. The minimum atomic E-state index is -3.61. The van der Waals surface area contributed by atoms with Gasteiger partial charge in [-0.3, -0.25) is 20.4 Å². The lowest BCUT2D eigenvalue weighted by Gasteiger charge is -2.12. The van der Waals surface area contributed by atoms with Crippen LogP contribution in [0.5, 0.6) is 0 Å². The molecule has 0 saturated heterocycles. The first-order valence-corrected chi connectivity index (χ1v) is 8.84. The molecule has 1 aromatic carbocycles. The van der Waals surface area contributed by atoms with Crippen molar-refractivity contribution in [1.82, 2.24) is 15.2 Å². The van der Waals surface area contributed by atoms with E-state index in [9.17, 15) is 18.0 Å². The first-order chi connectivity index (χ1) is 10.8. The lowest BCUT2D eigenvalue weighted by molar-refractivity contribution is -0.121. The van der Waals surface area contributed by atoms with Crippen molar-refractivity contribution in [2.24, 2.45) is 0 Å². The number of amides is 2. The average Bonchev–Trinajstić information content (AvgIpc) is 2.52. The van der Waals surface area contributed by atoms with Gasteiger partial charge in [0.1, 0.15) is 0 Å². The van der Waals surface area contributed by atoms with Gasteiger partial charge in [0.05, 0.1) is 4.90 Å². The average molecular weight is 341 g/mol. The van der Waals surface area contributed by atoms with E-state index in [2.05, 4.69) is 10.9 Å². The Balaban J connectivity index is 2.69. The van der Waals surface area contributed by atoms with E-state index in [-0.39, 0.29) is 16.4 Å². The summed E-state index contributed by atoms with van der Waals surface area (Å²) >= 11 is 0. The van der Waals surface area contributed by atoms with Gasteiger partial charge in [0.2, 0.25) is 15.9 Å². The number of hydrazine groups is 1. The molecule has 0 aliphatic heterocycles. The van der Waals surface area contributed by atoms with Gasteiger partial charge in [0, 0.05) is 26.1 Å². The van der Waals surface area contributed by atoms with Gasteiger partial charge in [-0.25, -0.2) is 12.7 Å². The van der Waals surface area contributed by atoms with E-state index >= 15 is 0 Å². The predicted octanol–water partition coefficient (Wildman–Crippen LogP) is 1.28. The van der Waals surface area contributed by atoms with Gasteiger partial charge < -0.3 is 0 Å². The third kappa shape index (κ3) is 5.65. The Morgan fingerprint density at radius 1 is 1.13 bits per heavy atom. The van der Waals surface area contributed by atoms with Crippen LogP contribution in [0.15, 0.2) is 29.2 Å². The van der Waals surface area contributed by atoms with Crippen LogP contribution in [0, 0.1) is 0 Å². The molecule has 2 N–H and O–H groups in total. The molecule has 0 bridgehead atoms. The maximum Gasteiger partial charge on any atom is 0.269 e. The summed E-state index contributed by atoms with van der Waals surface area (Å²) in [7, 11) is -0.783. The molecule has 23 heavy (non-hydrogen) atoms. The second-order valence-corrected chi connectivity index (χ2v) is 7.43. The van der Waals surface area contributed by atoms with Crippen LogP contribution < -0.4 is 10.9 Å². The molecule has 0 aliphatic rings. The molecule has 1 rings (SSSR count). The molecule has 8 heteroatoms. The van der Waals surface area contributed by atoms with Gasteiger partial charge in [-0.1, -0.05) is 25.8 Å². The van der Waals surface area contributed by atoms with E-state index in [1.165, 1.54) is 38.4 Å². The lowest BCUT2D eigenvalue weighted by atomic mass is 10.2. The van der Waals surface area contributed by atoms with Crippen LogP contribution in [0.3, 0.4) is 0 Å². The predicted molar refractivity (Wildman–Crippen MR) is 87.1 cm³/mol. The summed E-state index contributed by atoms with van der Waals surface area (Å²) in [6.07, 6.45) is 3.05. The van der Waals surface area contributed by atoms with Gasteiger partial charge in [0.25, 0.3) is 5.91 Å². The number of nitrogens with zero attached hydrogens (tertiary/aromatic N) is 1. The van der Waals surface area contributed by atoms with Crippen molar-refractivity contribution in [3.05, 3.63) is 29.8 Å². The van der Waals surface area contributed by atoms with E-state index in [4.69, 9.17) is 0 Å². The zero-order valence-corrected chi connectivity index (χ0v) is 14.4. The number of rotatable bonds is 7. The van der Waals surface area contributed by atoms with Crippen LogP contribution in [-0.2, 0) is 14.8 Å². The van der Waals surface area contributed by atoms with Gasteiger partial charge in [-0.2, -0.15) is 0 Å². The van der Waals surface area contributed by atoms with Crippen molar-refractivity contribution >= 4 is 21.8 Å². The molecule has 0 atom stereocenters. The number of unbranched alkanes of at least 4 members (excludes halogenated alkanes) is 2. The SMILES string of the molecule is CCCCCC(=O)NNC(=O)c1cccc(S(=O)(=O)N(C)C)c1. The molecule has 0 radical (unpaired) electrons. The zero-order chi connectivity index (χ0) is 17.5. The Kier molecular flexibility index (Phi) is 7.18. The highest BCUT2D eigenvalue weighted by Gasteiger charge is 2.18. The van der Waals surface area contributed by atoms with Crippen LogP contribution in [0.2, 0.25) is 0 Å². The number of sulfonamides is 1. The number of hydrogen-bond acceptors (Lipinski definition) is 4. The van der Waals surface area contributed by atoms with E-state index in [0.717, 1.165) is 23.6 Å². The quantitative estimate of drug-likeness (QED) is 0.577. The summed E-state index contributed by atoms with van der Waals surface area (Å²) in [5.41, 5.74) is 4.76. The Morgan fingerprint density at radius 3 is 2.43 bits per heavy atom. The fourth-order valence-electron chi connectivity index (χ4n) is 1.81. The summed E-state index contributed by atoms with van der Waals surface area (Å²) in [5.74, 6) is -0.839. The van der Waals surface area contributed by atoms with Gasteiger partial charge in [-0.15, -0.1) is 0 Å². The summed E-state index contributed by atoms with van der Waals surface area (Å²) in [5, 5.41) is 0. The van der Waals surface area contributed by atoms with Crippen LogP contribution in [0.4, 0.5) is 0 Å². The number of nitrogens with one attached hydrogen (secondary N) is 2. The molecule has 128 valence electrons. The fraction of sp³-hybridized carbons (Fsp3) is 0.467. The number of hydrogen-bond donors (Lipinski definition) is 2. The Labute approximate surface area is 137 Å². The standard InChI is InChI=1S/C15H23N3O4S/c1-4-5-6-10-14(19)16-17-15(20)12-8-7-9-13(11-12)23(21,22)18(2)3/h7-9,11H,4-6,10H2,1-3H3,(H,16,19)(H,17,20). The zero-order valence-electron chi connectivity index (χ0n) is 13.6. The number of carbonyl (C=O) groups is 2. The number of benzene rings is 1. The monoisotopic (exact) mass is 341 g/mol. The molecular weight excluding hydrogens is 318 g/mol. The normalized spacial score (nSPS) is 11.3. The summed E-state index contributed by atoms with van der Waals surface area (Å²) in [6.45, 7) is 2.04. The molecule has 1 aromatic rings. The summed E-state index contributed by atoms with van der Waals surface area (Å²) in [6, 6.07) is 5.64. The minimum Gasteiger partial charge on any atom is -0.273 e. The van der Waals surface area contributed by atoms with E-state index < -0.39 is 15.9 Å². The maximum atomic E-state index is 12.0. The largest absolute Gasteiger partial charge is 0.273 e. The molecular formula is C15H23N3O4S. The summed E-state index contributed by atoms with van der Waals surface area (Å²) < 4.78 is 25.2. The molecule has 0 unspecified atom stereocenters. The van der Waals surface area contributed by atoms with E-state index in [1.54, 1.807) is 0 Å². The third-order valence-electron chi connectivity index (χ3n) is 3.20. The van der Waals surface area contributed by atoms with Gasteiger partial charge >= 0.3 is 0 Å². The molecule has 0 aromatic heterocycles. The molecule has 7 nitrogen and oxygen atoms in total. The summed E-state index contributed by atoms with van der Waals surface area (Å²) in [4.78, 5) is 23.6. The van der Waals surface area contributed by atoms with Crippen LogP contribution in [0.1, 0.15) is 43.0 Å². The van der Waals surface area contributed by atoms with E-state index in [1.807, 2.05) is 6.92 Å². The van der Waals surface area contributed by atoms with Crippen molar-refractivity contribution in [3.63, 3.8) is 0 Å². The molecule has 0 aliphatic carbocycles. The Bertz CT molecular complexity index is 656. The molecule has 0 heterocycles. The molecule has 0 spiro atoms. The number of carbonyl (C=O) groups excluding carboxylic acids is 2. The Morgan fingerprint density at radius 2 is 1.83 bits per heavy atom. The molecule has 0 saturated carbocycles. The minimum absolute atomic E-state index is 0.0180. The van der Waals surface area contributed by atoms with Crippen molar-refractivity contribution in [2.75, 3.05) is 14.1 Å². The van der Waals surface area contributed by atoms with Crippen LogP contribution >= 0.6 is 0 Å². The third-order valence-corrected chi connectivity index (χ3v) is 5.01. The topological polar surface area (TPSA) is 95.6 Å². The highest BCUT2D eigenvalue weighted by Crippen LogP contribution is 2.14. The van der Waals surface area contributed by atoms with Gasteiger partial charge in [0.15, 0.2) is 0 Å². The first kappa shape index (κ1) is 19.1. The van der Waals surface area contributed by atoms with Crippen molar-refractivity contribution in [1.29, 1.82) is 0 Å². The lowest BCUT2D eigenvalue weighted by Crippen LogP contribution is -2.41. The fourth-order valence-corrected chi connectivity index (χ4v) is 2.75. The van der Waals surface area contributed by atoms with Crippen LogP contribution in [0.25, 0.3) is 0 Å². The van der Waals surface area contributed by atoms with Crippen molar-refractivity contribution in [3.8, 4) is 0 Å². The van der Waals surface area contributed by atoms with E-state index in [0.29, 0.717) is 6.42 Å². The second-order valence-electron chi connectivity index (χ2n) is 5.27. The Hall–Kier alpha value is -1.93. The van der Waals surface area contributed by atoms with Crippen molar-refractivity contribution < 1.29 is 18.0 Å².